The van der Waals surface area contributed by atoms with Crippen LogP contribution in [0.5, 0.6) is 0 Å². The van der Waals surface area contributed by atoms with Gasteiger partial charge in [0.1, 0.15) is 0 Å². The molecule has 0 unspecified atom stereocenters. The smallest absolute Gasteiger partial charge is 0.0615 e. The number of hydrogen-bond acceptors (Lipinski definition) is 3. The van der Waals surface area contributed by atoms with Gasteiger partial charge in [-0.25, -0.2) is 5.06 Å². The van der Waals surface area contributed by atoms with E-state index in [-0.39, 0.29) is 0 Å². The number of hydroxylamine groups is 2. The predicted molar refractivity (Wildman–Crippen MR) is 80.4 cm³/mol. The number of nitrogens with zero attached hydrogens (tertiary/aromatic N) is 1. The average molecular weight is 266 g/mol. The zero-order valence-electron chi connectivity index (χ0n) is 11.3. The Bertz CT molecular complexity index is 599. The Balaban J connectivity index is 1.96. The summed E-state index contributed by atoms with van der Waals surface area (Å²) in [6.07, 6.45) is 19.8. The van der Waals surface area contributed by atoms with Gasteiger partial charge >= 0.3 is 0 Å². The summed E-state index contributed by atoms with van der Waals surface area (Å²) in [4.78, 5) is 0. The second-order valence-electron chi connectivity index (χ2n) is 5.20. The fourth-order valence-corrected chi connectivity index (χ4v) is 2.68. The van der Waals surface area contributed by atoms with Crippen LogP contribution >= 0.6 is 0 Å². The molecular weight excluding hydrogens is 248 g/mol. The van der Waals surface area contributed by atoms with Crippen LogP contribution < -0.4 is 0 Å². The summed E-state index contributed by atoms with van der Waals surface area (Å²) in [5.74, 6) is 0. The van der Waals surface area contributed by atoms with Crippen LogP contribution in [0.1, 0.15) is 25.7 Å². The standard InChI is InChI=1S/C17H18N2O/c18-17-7-6-15(13-8-10-19(20)11-9-13)12-16(17)14-4-2-1-3-5-14/h4,6-12,18,20H,1-3,5H2. The van der Waals surface area contributed by atoms with Crippen LogP contribution in [0.3, 0.4) is 0 Å². The quantitative estimate of drug-likeness (QED) is 0.752. The van der Waals surface area contributed by atoms with Gasteiger partial charge in [-0.05, 0) is 66.7 Å². The third kappa shape index (κ3) is 2.58. The molecule has 3 aliphatic rings. The van der Waals surface area contributed by atoms with Gasteiger partial charge in [-0.2, -0.15) is 0 Å². The van der Waals surface area contributed by atoms with Gasteiger partial charge in [-0.15, -0.1) is 0 Å². The number of nitrogens with one attached hydrogen (secondary N) is 1. The normalized spacial score (nSPS) is 22.2. The first kappa shape index (κ1) is 12.9. The van der Waals surface area contributed by atoms with Gasteiger partial charge in [0.15, 0.2) is 0 Å². The Kier molecular flexibility index (Phi) is 3.52. The van der Waals surface area contributed by atoms with Crippen molar-refractivity contribution in [3.8, 4) is 0 Å². The average Bonchev–Trinajstić information content (AvgIpc) is 2.50. The van der Waals surface area contributed by atoms with E-state index in [2.05, 4.69) is 12.2 Å². The third-order valence-electron chi connectivity index (χ3n) is 3.80. The Morgan fingerprint density at radius 1 is 1.00 bits per heavy atom. The Labute approximate surface area is 119 Å². The number of rotatable bonds is 1. The monoisotopic (exact) mass is 266 g/mol. The molecule has 3 heteroatoms. The van der Waals surface area contributed by atoms with E-state index in [0.29, 0.717) is 5.71 Å². The van der Waals surface area contributed by atoms with E-state index in [1.54, 1.807) is 12.4 Å². The SMILES string of the molecule is N=C1C=CC(=C2C=CN(O)C=C2)C=C1C1=CCCCC1. The molecule has 0 aromatic carbocycles. The van der Waals surface area contributed by atoms with E-state index in [4.69, 9.17) is 5.41 Å². The molecule has 0 bridgehead atoms. The molecule has 0 saturated heterocycles. The summed E-state index contributed by atoms with van der Waals surface area (Å²) < 4.78 is 0. The van der Waals surface area contributed by atoms with Crippen molar-refractivity contribution in [3.05, 3.63) is 71.1 Å². The predicted octanol–water partition coefficient (Wildman–Crippen LogP) is 4.03. The van der Waals surface area contributed by atoms with Crippen molar-refractivity contribution < 1.29 is 5.21 Å². The van der Waals surface area contributed by atoms with Gasteiger partial charge < -0.3 is 5.41 Å². The van der Waals surface area contributed by atoms with Crippen molar-refractivity contribution in [2.45, 2.75) is 25.7 Å². The molecule has 3 nitrogen and oxygen atoms in total. The fourth-order valence-electron chi connectivity index (χ4n) is 2.68. The number of allylic oxidation sites excluding steroid dienone is 10. The molecule has 0 aromatic heterocycles. The van der Waals surface area contributed by atoms with Gasteiger partial charge in [0, 0.05) is 18.0 Å². The van der Waals surface area contributed by atoms with Gasteiger partial charge in [0.25, 0.3) is 0 Å². The lowest BCUT2D eigenvalue weighted by atomic mass is 9.86. The molecule has 2 N–H and O–H groups in total. The molecule has 0 saturated carbocycles. The molecule has 2 aliphatic carbocycles. The summed E-state index contributed by atoms with van der Waals surface area (Å²) in [6, 6.07) is 0. The first-order chi connectivity index (χ1) is 9.74. The van der Waals surface area contributed by atoms with Crippen molar-refractivity contribution in [3.63, 3.8) is 0 Å². The zero-order chi connectivity index (χ0) is 13.9. The summed E-state index contributed by atoms with van der Waals surface area (Å²) in [5.41, 5.74) is 5.07. The molecule has 1 aliphatic heterocycles. The van der Waals surface area contributed by atoms with Gasteiger partial charge in [0.2, 0.25) is 0 Å². The van der Waals surface area contributed by atoms with Crippen molar-refractivity contribution in [1.29, 1.82) is 5.41 Å². The Morgan fingerprint density at radius 2 is 1.80 bits per heavy atom. The molecule has 0 amide bonds. The summed E-state index contributed by atoms with van der Waals surface area (Å²) >= 11 is 0. The molecule has 1 heterocycles. The maximum atomic E-state index is 9.28. The van der Waals surface area contributed by atoms with Crippen LogP contribution in [0.2, 0.25) is 0 Å². The largest absolute Gasteiger partial charge is 0.300 e. The molecule has 102 valence electrons. The molecule has 0 aromatic rings. The van der Waals surface area contributed by atoms with E-state index in [1.807, 2.05) is 24.3 Å². The summed E-state index contributed by atoms with van der Waals surface area (Å²) in [6.45, 7) is 0. The van der Waals surface area contributed by atoms with E-state index in [0.717, 1.165) is 34.6 Å². The lowest BCUT2D eigenvalue weighted by Gasteiger charge is -2.19. The van der Waals surface area contributed by atoms with Crippen LogP contribution in [0.4, 0.5) is 0 Å². The van der Waals surface area contributed by atoms with Crippen molar-refractivity contribution in [1.82, 2.24) is 5.06 Å². The molecule has 3 rings (SSSR count). The van der Waals surface area contributed by atoms with Crippen molar-refractivity contribution in [2.24, 2.45) is 0 Å². The van der Waals surface area contributed by atoms with Gasteiger partial charge in [0.05, 0.1) is 5.71 Å². The molecule has 0 radical (unpaired) electrons. The first-order valence-electron chi connectivity index (χ1n) is 7.00. The van der Waals surface area contributed by atoms with Crippen molar-refractivity contribution in [2.75, 3.05) is 0 Å². The van der Waals surface area contributed by atoms with Crippen LogP contribution in [0.15, 0.2) is 71.1 Å². The van der Waals surface area contributed by atoms with E-state index in [1.165, 1.54) is 18.4 Å². The maximum Gasteiger partial charge on any atom is 0.0615 e. The molecule has 0 fully saturated rings. The van der Waals surface area contributed by atoms with Gasteiger partial charge in [-0.1, -0.05) is 12.2 Å². The second kappa shape index (κ2) is 5.47. The third-order valence-corrected chi connectivity index (χ3v) is 3.80. The lowest BCUT2D eigenvalue weighted by molar-refractivity contribution is 0.0105. The minimum atomic E-state index is 0.593. The molecule has 20 heavy (non-hydrogen) atoms. The summed E-state index contributed by atoms with van der Waals surface area (Å²) in [7, 11) is 0. The number of hydrogen-bond donors (Lipinski definition) is 2. The highest BCUT2D eigenvalue weighted by molar-refractivity contribution is 6.11. The van der Waals surface area contributed by atoms with Gasteiger partial charge in [-0.3, -0.25) is 5.21 Å². The van der Waals surface area contributed by atoms with E-state index < -0.39 is 0 Å². The molecule has 0 atom stereocenters. The highest BCUT2D eigenvalue weighted by atomic mass is 16.5. The van der Waals surface area contributed by atoms with Crippen molar-refractivity contribution >= 4 is 5.71 Å². The van der Waals surface area contributed by atoms with Crippen LogP contribution in [-0.4, -0.2) is 16.0 Å². The topological polar surface area (TPSA) is 47.3 Å². The minimum Gasteiger partial charge on any atom is -0.300 e. The summed E-state index contributed by atoms with van der Waals surface area (Å²) in [5, 5.41) is 18.4. The Hall–Kier alpha value is -2.13. The highest BCUT2D eigenvalue weighted by Crippen LogP contribution is 2.29. The van der Waals surface area contributed by atoms with E-state index in [9.17, 15) is 5.21 Å². The fraction of sp³-hybridized carbons (Fsp3) is 0.235. The van der Waals surface area contributed by atoms with Crippen LogP contribution in [-0.2, 0) is 0 Å². The highest BCUT2D eigenvalue weighted by Gasteiger charge is 2.16. The lowest BCUT2D eigenvalue weighted by Crippen LogP contribution is -2.09. The maximum absolute atomic E-state index is 9.28. The Morgan fingerprint density at radius 3 is 2.50 bits per heavy atom. The molecular formula is C17H18N2O. The van der Waals surface area contributed by atoms with Crippen LogP contribution in [0.25, 0.3) is 0 Å². The van der Waals surface area contributed by atoms with Crippen LogP contribution in [0, 0.1) is 5.41 Å². The second-order valence-corrected chi connectivity index (χ2v) is 5.20. The van der Waals surface area contributed by atoms with E-state index >= 15 is 0 Å². The zero-order valence-corrected chi connectivity index (χ0v) is 11.3. The first-order valence-corrected chi connectivity index (χ1v) is 7.00. The minimum absolute atomic E-state index is 0.593. The molecule has 0 spiro atoms.